The number of hydrogen-bond donors (Lipinski definition) is 0. The van der Waals surface area contributed by atoms with Crippen LogP contribution < -0.4 is 0 Å². The number of carbonyl (C=O) groups excluding carboxylic acids is 1. The molecule has 3 atom stereocenters. The molecule has 1 heterocycles. The molecule has 1 aromatic rings. The summed E-state index contributed by atoms with van der Waals surface area (Å²) in [7, 11) is 0. The highest BCUT2D eigenvalue weighted by atomic mass is 16.1. The summed E-state index contributed by atoms with van der Waals surface area (Å²) in [5, 5.41) is 9.70. The van der Waals surface area contributed by atoms with E-state index in [4.69, 9.17) is 0 Å². The molecule has 1 unspecified atom stereocenters. The van der Waals surface area contributed by atoms with Gasteiger partial charge in [-0.05, 0) is 24.0 Å². The molecule has 1 saturated heterocycles. The van der Waals surface area contributed by atoms with E-state index >= 15 is 0 Å². The number of piperidine rings is 1. The second kappa shape index (κ2) is 5.46. The maximum atomic E-state index is 11.6. The first kappa shape index (κ1) is 14.0. The summed E-state index contributed by atoms with van der Waals surface area (Å²) in [5.74, 6) is 0.498. The average molecular weight is 280 g/mol. The number of carbonyl (C=O) groups is 1. The molecule has 1 aliphatic heterocycles. The van der Waals surface area contributed by atoms with Crippen LogP contribution >= 0.6 is 0 Å². The fourth-order valence-corrected chi connectivity index (χ4v) is 3.72. The maximum absolute atomic E-state index is 11.6. The molecule has 0 aromatic heterocycles. The van der Waals surface area contributed by atoms with Gasteiger partial charge in [-0.1, -0.05) is 43.3 Å². The quantitative estimate of drug-likeness (QED) is 0.836. The van der Waals surface area contributed by atoms with Crippen molar-refractivity contribution in [3.8, 4) is 6.07 Å². The van der Waals surface area contributed by atoms with Crippen LogP contribution in [0.4, 0.5) is 0 Å². The SMILES string of the molecule is C[C@]12C=CC(=O)C[C@H]1CCN(Cc1ccccc1)C2C#N. The zero-order valence-corrected chi connectivity index (χ0v) is 12.3. The molecular weight excluding hydrogens is 260 g/mol. The van der Waals surface area contributed by atoms with Crippen molar-refractivity contribution < 1.29 is 4.79 Å². The summed E-state index contributed by atoms with van der Waals surface area (Å²) in [5.41, 5.74) is 1.02. The van der Waals surface area contributed by atoms with Crippen LogP contribution in [0.5, 0.6) is 0 Å². The highest BCUT2D eigenvalue weighted by Crippen LogP contribution is 2.45. The summed E-state index contributed by atoms with van der Waals surface area (Å²) in [6.45, 7) is 3.81. The second-order valence-electron chi connectivity index (χ2n) is 6.34. The smallest absolute Gasteiger partial charge is 0.155 e. The molecule has 0 spiro atoms. The lowest BCUT2D eigenvalue weighted by Gasteiger charge is -2.49. The molecule has 3 rings (SSSR count). The lowest BCUT2D eigenvalue weighted by molar-refractivity contribution is -0.118. The van der Waals surface area contributed by atoms with Gasteiger partial charge < -0.3 is 0 Å². The van der Waals surface area contributed by atoms with Crippen molar-refractivity contribution in [3.05, 3.63) is 48.0 Å². The molecule has 21 heavy (non-hydrogen) atoms. The number of likely N-dealkylation sites (tertiary alicyclic amines) is 1. The molecule has 0 saturated carbocycles. The molecular formula is C18H20N2O. The van der Waals surface area contributed by atoms with Crippen LogP contribution in [0.3, 0.4) is 0 Å². The van der Waals surface area contributed by atoms with Crippen molar-refractivity contribution in [2.24, 2.45) is 11.3 Å². The van der Waals surface area contributed by atoms with E-state index in [-0.39, 0.29) is 17.2 Å². The molecule has 3 heteroatoms. The van der Waals surface area contributed by atoms with Gasteiger partial charge >= 0.3 is 0 Å². The van der Waals surface area contributed by atoms with Crippen LogP contribution in [-0.4, -0.2) is 23.3 Å². The molecule has 1 fully saturated rings. The minimum Gasteiger partial charge on any atom is -0.295 e. The Morgan fingerprint density at radius 1 is 1.38 bits per heavy atom. The minimum absolute atomic E-state index is 0.166. The van der Waals surface area contributed by atoms with Crippen molar-refractivity contribution in [3.63, 3.8) is 0 Å². The molecule has 1 aromatic carbocycles. The van der Waals surface area contributed by atoms with Gasteiger partial charge in [0.15, 0.2) is 5.78 Å². The summed E-state index contributed by atoms with van der Waals surface area (Å²) >= 11 is 0. The van der Waals surface area contributed by atoms with E-state index in [0.29, 0.717) is 12.3 Å². The van der Waals surface area contributed by atoms with E-state index in [1.54, 1.807) is 6.08 Å². The van der Waals surface area contributed by atoms with Crippen LogP contribution in [-0.2, 0) is 11.3 Å². The van der Waals surface area contributed by atoms with E-state index in [9.17, 15) is 10.1 Å². The van der Waals surface area contributed by atoms with Gasteiger partial charge in [-0.25, -0.2) is 0 Å². The van der Waals surface area contributed by atoms with Crippen LogP contribution in [0.25, 0.3) is 0 Å². The Hall–Kier alpha value is -1.92. The molecule has 0 N–H and O–H groups in total. The van der Waals surface area contributed by atoms with Gasteiger partial charge in [0.05, 0.1) is 6.07 Å². The van der Waals surface area contributed by atoms with E-state index < -0.39 is 0 Å². The van der Waals surface area contributed by atoms with Gasteiger partial charge in [-0.2, -0.15) is 5.26 Å². The largest absolute Gasteiger partial charge is 0.295 e. The highest BCUT2D eigenvalue weighted by Gasteiger charge is 2.48. The lowest BCUT2D eigenvalue weighted by Crippen LogP contribution is -2.54. The zero-order valence-electron chi connectivity index (χ0n) is 12.3. The Bertz CT molecular complexity index is 601. The Morgan fingerprint density at radius 3 is 2.86 bits per heavy atom. The third kappa shape index (κ3) is 2.52. The normalized spacial score (nSPS) is 32.5. The average Bonchev–Trinajstić information content (AvgIpc) is 2.49. The summed E-state index contributed by atoms with van der Waals surface area (Å²) in [6.07, 6.45) is 5.23. The number of fused-ring (bicyclic) bond motifs is 1. The Balaban J connectivity index is 1.86. The number of benzene rings is 1. The minimum atomic E-state index is -0.213. The number of nitrogens with zero attached hydrogens (tertiary/aromatic N) is 2. The third-order valence-corrected chi connectivity index (χ3v) is 5.03. The number of ketones is 1. The van der Waals surface area contributed by atoms with Gasteiger partial charge in [0.1, 0.15) is 6.04 Å². The first-order valence-corrected chi connectivity index (χ1v) is 7.53. The topological polar surface area (TPSA) is 44.1 Å². The van der Waals surface area contributed by atoms with E-state index in [0.717, 1.165) is 19.5 Å². The molecule has 0 radical (unpaired) electrons. The number of rotatable bonds is 2. The third-order valence-electron chi connectivity index (χ3n) is 5.03. The van der Waals surface area contributed by atoms with Gasteiger partial charge in [0.25, 0.3) is 0 Å². The monoisotopic (exact) mass is 280 g/mol. The summed E-state index contributed by atoms with van der Waals surface area (Å²) in [6, 6.07) is 12.6. The molecule has 1 aliphatic carbocycles. The standard InChI is InChI=1S/C18H20N2O/c1-18-9-7-16(21)11-15(18)8-10-20(17(18)12-19)13-14-5-3-2-4-6-14/h2-7,9,15,17H,8,10-11,13H2,1H3/t15-,17?,18+/m1/s1. The highest BCUT2D eigenvalue weighted by molar-refractivity contribution is 5.91. The van der Waals surface area contributed by atoms with E-state index in [1.165, 1.54) is 5.56 Å². The lowest BCUT2D eigenvalue weighted by atomic mass is 9.63. The van der Waals surface area contributed by atoms with Gasteiger partial charge in [0.2, 0.25) is 0 Å². The van der Waals surface area contributed by atoms with Crippen LogP contribution in [0.2, 0.25) is 0 Å². The Labute approximate surface area is 125 Å². The fraction of sp³-hybridized carbons (Fsp3) is 0.444. The second-order valence-corrected chi connectivity index (χ2v) is 6.34. The molecule has 0 bridgehead atoms. The van der Waals surface area contributed by atoms with Crippen molar-refractivity contribution in [2.45, 2.75) is 32.4 Å². The molecule has 3 nitrogen and oxygen atoms in total. The predicted octanol–water partition coefficient (Wildman–Crippen LogP) is 2.94. The molecule has 2 aliphatic rings. The summed E-state index contributed by atoms with van der Waals surface area (Å²) in [4.78, 5) is 13.9. The van der Waals surface area contributed by atoms with Crippen molar-refractivity contribution in [1.82, 2.24) is 4.90 Å². The summed E-state index contributed by atoms with van der Waals surface area (Å²) < 4.78 is 0. The maximum Gasteiger partial charge on any atom is 0.155 e. The van der Waals surface area contributed by atoms with Crippen molar-refractivity contribution in [1.29, 1.82) is 5.26 Å². The zero-order chi connectivity index (χ0) is 14.9. The van der Waals surface area contributed by atoms with Crippen molar-refractivity contribution >= 4 is 5.78 Å². The fourth-order valence-electron chi connectivity index (χ4n) is 3.72. The first-order valence-electron chi connectivity index (χ1n) is 7.53. The van der Waals surface area contributed by atoms with Crippen molar-refractivity contribution in [2.75, 3.05) is 6.54 Å². The Morgan fingerprint density at radius 2 is 2.14 bits per heavy atom. The number of nitriles is 1. The number of hydrogen-bond acceptors (Lipinski definition) is 3. The van der Waals surface area contributed by atoms with Gasteiger partial charge in [-0.3, -0.25) is 9.69 Å². The number of allylic oxidation sites excluding steroid dienone is 1. The predicted molar refractivity (Wildman–Crippen MR) is 81.2 cm³/mol. The molecule has 0 amide bonds. The Kier molecular flexibility index (Phi) is 3.65. The van der Waals surface area contributed by atoms with Gasteiger partial charge in [0, 0.05) is 24.9 Å². The van der Waals surface area contributed by atoms with Crippen LogP contribution in [0.1, 0.15) is 25.3 Å². The van der Waals surface area contributed by atoms with Gasteiger partial charge in [-0.15, -0.1) is 0 Å². The molecule has 108 valence electrons. The van der Waals surface area contributed by atoms with Crippen LogP contribution in [0.15, 0.2) is 42.5 Å². The van der Waals surface area contributed by atoms with E-state index in [1.807, 2.05) is 24.3 Å². The van der Waals surface area contributed by atoms with Crippen LogP contribution in [0, 0.1) is 22.7 Å². The first-order chi connectivity index (χ1) is 10.1. The van der Waals surface area contributed by atoms with E-state index in [2.05, 4.69) is 30.0 Å².